The molecule has 2 rings (SSSR count). The number of aromatic nitrogens is 2. The summed E-state index contributed by atoms with van der Waals surface area (Å²) in [5.74, 6) is 0.750. The van der Waals surface area contributed by atoms with E-state index in [4.69, 9.17) is 5.73 Å². The third-order valence-corrected chi connectivity index (χ3v) is 4.25. The van der Waals surface area contributed by atoms with Gasteiger partial charge in [0.15, 0.2) is 0 Å². The molecular formula is C14H24N4. The second-order valence-corrected chi connectivity index (χ2v) is 5.38. The molecule has 1 saturated carbocycles. The first-order valence-corrected chi connectivity index (χ1v) is 6.92. The van der Waals surface area contributed by atoms with E-state index in [1.165, 1.54) is 25.7 Å². The van der Waals surface area contributed by atoms with Crippen molar-refractivity contribution in [3.63, 3.8) is 0 Å². The number of hydrogen-bond acceptors (Lipinski definition) is 4. The van der Waals surface area contributed by atoms with Gasteiger partial charge in [0.2, 0.25) is 0 Å². The van der Waals surface area contributed by atoms with Crippen molar-refractivity contribution in [2.45, 2.75) is 44.7 Å². The van der Waals surface area contributed by atoms with Crippen LogP contribution < -0.4 is 5.73 Å². The van der Waals surface area contributed by atoms with E-state index in [2.05, 4.69) is 28.8 Å². The fraction of sp³-hybridized carbons (Fsp3) is 0.714. The van der Waals surface area contributed by atoms with E-state index >= 15 is 0 Å². The molecule has 4 heteroatoms. The fourth-order valence-corrected chi connectivity index (χ4v) is 3.13. The number of nitrogens with zero attached hydrogens (tertiary/aromatic N) is 3. The van der Waals surface area contributed by atoms with Gasteiger partial charge in [-0.05, 0) is 31.9 Å². The Kier molecular flexibility index (Phi) is 4.66. The van der Waals surface area contributed by atoms with Gasteiger partial charge in [0.1, 0.15) is 6.33 Å². The molecule has 1 heterocycles. The smallest absolute Gasteiger partial charge is 0.115 e. The maximum Gasteiger partial charge on any atom is 0.115 e. The minimum atomic E-state index is 0.207. The molecule has 1 aliphatic carbocycles. The Labute approximate surface area is 110 Å². The molecule has 2 N–H and O–H groups in total. The van der Waals surface area contributed by atoms with E-state index in [9.17, 15) is 0 Å². The molecule has 0 saturated heterocycles. The minimum absolute atomic E-state index is 0.207. The Morgan fingerprint density at radius 3 is 2.83 bits per heavy atom. The first-order chi connectivity index (χ1) is 8.74. The zero-order chi connectivity index (χ0) is 13.0. The molecule has 3 atom stereocenters. The standard InChI is InChI=1S/C14H24N4/c1-11-5-3-4-6-13(11)18(2)14(9-15)12-7-8-16-10-17-12/h7-8,10-11,13-14H,3-6,9,15H2,1-2H3. The zero-order valence-corrected chi connectivity index (χ0v) is 11.4. The van der Waals surface area contributed by atoms with Gasteiger partial charge < -0.3 is 5.73 Å². The van der Waals surface area contributed by atoms with Gasteiger partial charge in [-0.3, -0.25) is 4.90 Å². The largest absolute Gasteiger partial charge is 0.329 e. The summed E-state index contributed by atoms with van der Waals surface area (Å²) in [6.07, 6.45) is 8.71. The molecule has 100 valence electrons. The molecule has 0 aliphatic heterocycles. The average molecular weight is 248 g/mol. The van der Waals surface area contributed by atoms with Crippen molar-refractivity contribution in [3.8, 4) is 0 Å². The summed E-state index contributed by atoms with van der Waals surface area (Å²) >= 11 is 0. The average Bonchev–Trinajstić information content (AvgIpc) is 2.41. The predicted octanol–water partition coefficient (Wildman–Crippen LogP) is 1.99. The highest BCUT2D eigenvalue weighted by Crippen LogP contribution is 2.31. The molecule has 0 radical (unpaired) electrons. The summed E-state index contributed by atoms with van der Waals surface area (Å²) < 4.78 is 0. The molecule has 0 aromatic carbocycles. The van der Waals surface area contributed by atoms with E-state index in [1.807, 2.05) is 6.07 Å². The Morgan fingerprint density at radius 2 is 2.22 bits per heavy atom. The first-order valence-electron chi connectivity index (χ1n) is 6.92. The molecule has 0 spiro atoms. The molecule has 0 bridgehead atoms. The van der Waals surface area contributed by atoms with Gasteiger partial charge in [-0.25, -0.2) is 9.97 Å². The van der Waals surface area contributed by atoms with Gasteiger partial charge in [0, 0.05) is 18.8 Å². The first kappa shape index (κ1) is 13.4. The summed E-state index contributed by atoms with van der Waals surface area (Å²) in [6, 6.07) is 2.81. The highest BCUT2D eigenvalue weighted by atomic mass is 15.2. The SMILES string of the molecule is CC1CCCCC1N(C)C(CN)c1ccncn1. The van der Waals surface area contributed by atoms with Crippen molar-refractivity contribution in [1.29, 1.82) is 0 Å². The van der Waals surface area contributed by atoms with E-state index in [0.717, 1.165) is 11.6 Å². The van der Waals surface area contributed by atoms with Crippen molar-refractivity contribution < 1.29 is 0 Å². The van der Waals surface area contributed by atoms with Crippen LogP contribution >= 0.6 is 0 Å². The van der Waals surface area contributed by atoms with Crippen LogP contribution in [-0.4, -0.2) is 34.5 Å². The van der Waals surface area contributed by atoms with Crippen LogP contribution in [0, 0.1) is 5.92 Å². The van der Waals surface area contributed by atoms with Gasteiger partial charge in [-0.15, -0.1) is 0 Å². The fourth-order valence-electron chi connectivity index (χ4n) is 3.13. The Hall–Kier alpha value is -1.00. The monoisotopic (exact) mass is 248 g/mol. The van der Waals surface area contributed by atoms with E-state index in [-0.39, 0.29) is 6.04 Å². The van der Waals surface area contributed by atoms with Crippen LogP contribution in [0.4, 0.5) is 0 Å². The molecular weight excluding hydrogens is 224 g/mol. The topological polar surface area (TPSA) is 55.0 Å². The van der Waals surface area contributed by atoms with Crippen molar-refractivity contribution in [3.05, 3.63) is 24.3 Å². The zero-order valence-electron chi connectivity index (χ0n) is 11.4. The van der Waals surface area contributed by atoms with Crippen molar-refractivity contribution >= 4 is 0 Å². The molecule has 3 unspecified atom stereocenters. The maximum absolute atomic E-state index is 5.96. The lowest BCUT2D eigenvalue weighted by Crippen LogP contribution is -2.43. The summed E-state index contributed by atoms with van der Waals surface area (Å²) in [4.78, 5) is 10.8. The molecule has 0 amide bonds. The summed E-state index contributed by atoms with van der Waals surface area (Å²) in [6.45, 7) is 2.96. The second kappa shape index (κ2) is 6.25. The van der Waals surface area contributed by atoms with Crippen LogP contribution in [0.5, 0.6) is 0 Å². The lowest BCUT2D eigenvalue weighted by atomic mass is 9.84. The van der Waals surface area contributed by atoms with Crippen molar-refractivity contribution in [2.75, 3.05) is 13.6 Å². The Bertz CT molecular complexity index is 354. The second-order valence-electron chi connectivity index (χ2n) is 5.38. The normalized spacial score (nSPS) is 26.2. The van der Waals surface area contributed by atoms with Crippen LogP contribution in [0.2, 0.25) is 0 Å². The van der Waals surface area contributed by atoms with Gasteiger partial charge in [-0.1, -0.05) is 19.8 Å². The van der Waals surface area contributed by atoms with Crippen LogP contribution in [0.25, 0.3) is 0 Å². The summed E-state index contributed by atoms with van der Waals surface area (Å²) in [5.41, 5.74) is 6.99. The van der Waals surface area contributed by atoms with Gasteiger partial charge in [0.05, 0.1) is 11.7 Å². The highest BCUT2D eigenvalue weighted by molar-refractivity contribution is 5.06. The van der Waals surface area contributed by atoms with Gasteiger partial charge in [-0.2, -0.15) is 0 Å². The van der Waals surface area contributed by atoms with Crippen LogP contribution in [0.3, 0.4) is 0 Å². The molecule has 18 heavy (non-hydrogen) atoms. The van der Waals surface area contributed by atoms with Gasteiger partial charge in [0.25, 0.3) is 0 Å². The molecule has 1 aromatic heterocycles. The van der Waals surface area contributed by atoms with E-state index in [1.54, 1.807) is 12.5 Å². The lowest BCUT2D eigenvalue weighted by molar-refractivity contribution is 0.0973. The van der Waals surface area contributed by atoms with E-state index < -0.39 is 0 Å². The molecule has 4 nitrogen and oxygen atoms in total. The minimum Gasteiger partial charge on any atom is -0.329 e. The van der Waals surface area contributed by atoms with Crippen molar-refractivity contribution in [2.24, 2.45) is 11.7 Å². The number of likely N-dealkylation sites (N-methyl/N-ethyl adjacent to an activating group) is 1. The predicted molar refractivity (Wildman–Crippen MR) is 73.0 cm³/mol. The third kappa shape index (κ3) is 2.87. The molecule has 1 aromatic rings. The van der Waals surface area contributed by atoms with Crippen LogP contribution in [-0.2, 0) is 0 Å². The third-order valence-electron chi connectivity index (χ3n) is 4.25. The number of hydrogen-bond donors (Lipinski definition) is 1. The van der Waals surface area contributed by atoms with Crippen LogP contribution in [0.15, 0.2) is 18.6 Å². The molecule has 1 aliphatic rings. The Balaban J connectivity index is 2.12. The van der Waals surface area contributed by atoms with E-state index in [0.29, 0.717) is 12.6 Å². The number of rotatable bonds is 4. The van der Waals surface area contributed by atoms with Gasteiger partial charge >= 0.3 is 0 Å². The maximum atomic E-state index is 5.96. The summed E-state index contributed by atoms with van der Waals surface area (Å²) in [7, 11) is 2.19. The molecule has 1 fully saturated rings. The lowest BCUT2D eigenvalue weighted by Gasteiger charge is -2.40. The Morgan fingerprint density at radius 1 is 1.44 bits per heavy atom. The summed E-state index contributed by atoms with van der Waals surface area (Å²) in [5, 5.41) is 0. The highest BCUT2D eigenvalue weighted by Gasteiger charge is 2.29. The van der Waals surface area contributed by atoms with Crippen LogP contribution in [0.1, 0.15) is 44.3 Å². The quantitative estimate of drug-likeness (QED) is 0.885. The number of nitrogens with two attached hydrogens (primary N) is 1. The van der Waals surface area contributed by atoms with Crippen molar-refractivity contribution in [1.82, 2.24) is 14.9 Å².